The molecular formula is C49H80O11. The molecule has 0 amide bonds. The molecule has 0 aromatic carbocycles. The zero-order valence-corrected chi connectivity index (χ0v) is 36.9. The van der Waals surface area contributed by atoms with Crippen molar-refractivity contribution < 1.29 is 53.8 Å². The molecule has 0 spiro atoms. The molecule has 11 nitrogen and oxygen atoms in total. The number of aliphatic carboxylic acids is 1. The molecule has 1 rings (SSSR count). The second kappa shape index (κ2) is 38.6. The summed E-state index contributed by atoms with van der Waals surface area (Å²) >= 11 is 0. The normalized spacial score (nSPS) is 20.4. The zero-order chi connectivity index (χ0) is 43.9. The Morgan fingerprint density at radius 2 is 0.983 bits per heavy atom. The first-order valence-corrected chi connectivity index (χ1v) is 23.0. The predicted molar refractivity (Wildman–Crippen MR) is 238 cm³/mol. The largest absolute Gasteiger partial charge is 0.479 e. The maximum Gasteiger partial charge on any atom is 0.335 e. The third kappa shape index (κ3) is 29.8. The number of esters is 2. The molecule has 1 heterocycles. The first-order valence-electron chi connectivity index (χ1n) is 23.0. The van der Waals surface area contributed by atoms with E-state index in [-0.39, 0.29) is 19.4 Å². The monoisotopic (exact) mass is 845 g/mol. The van der Waals surface area contributed by atoms with E-state index < -0.39 is 61.3 Å². The van der Waals surface area contributed by atoms with E-state index in [4.69, 9.17) is 18.9 Å². The number of allylic oxidation sites excluding steroid dienone is 12. The molecule has 60 heavy (non-hydrogen) atoms. The summed E-state index contributed by atoms with van der Waals surface area (Å²) in [6.45, 7) is 3.64. The lowest BCUT2D eigenvalue weighted by molar-refractivity contribution is -0.298. The Bertz CT molecular complexity index is 1270. The Hall–Kier alpha value is -3.35. The first-order chi connectivity index (χ1) is 29.2. The van der Waals surface area contributed by atoms with Gasteiger partial charge in [-0.1, -0.05) is 145 Å². The third-order valence-electron chi connectivity index (χ3n) is 10.0. The van der Waals surface area contributed by atoms with Gasteiger partial charge in [-0.05, 0) is 83.5 Å². The third-order valence-corrected chi connectivity index (χ3v) is 10.0. The maximum absolute atomic E-state index is 12.8. The second-order valence-corrected chi connectivity index (χ2v) is 15.5. The average Bonchev–Trinajstić information content (AvgIpc) is 3.23. The van der Waals surface area contributed by atoms with Gasteiger partial charge in [0.05, 0.1) is 6.61 Å². The molecule has 11 heteroatoms. The van der Waals surface area contributed by atoms with Gasteiger partial charge in [-0.3, -0.25) is 9.59 Å². The minimum absolute atomic E-state index is 0.160. The van der Waals surface area contributed by atoms with Crippen LogP contribution in [-0.2, 0) is 33.3 Å². The molecule has 1 saturated heterocycles. The van der Waals surface area contributed by atoms with Crippen LogP contribution in [-0.4, -0.2) is 88.4 Å². The fourth-order valence-electron chi connectivity index (χ4n) is 6.43. The summed E-state index contributed by atoms with van der Waals surface area (Å²) in [6.07, 6.45) is 39.4. The number of hydrogen-bond donors (Lipinski definition) is 4. The van der Waals surface area contributed by atoms with Crippen LogP contribution < -0.4 is 0 Å². The van der Waals surface area contributed by atoms with Gasteiger partial charge in [-0.2, -0.15) is 0 Å². The standard InChI is InChI=1S/C49H80O11/c1-3-5-7-9-11-13-15-17-19-20-21-22-24-25-27-29-31-33-35-37-42(50)57-39-41(40-58-49-46(54)44(52)45(53)47(60-49)48(55)56)59-43(51)38-36-34-32-30-28-26-23-18-16-14-12-10-8-6-4-2/h5,7,11-14,17-19,21-23,41,44-47,49,52-54H,3-4,6,8-10,15-16,20,24-40H2,1-2H3,(H,55,56)/b7-5-,13-11-,14-12-,19-17-,22-21-,23-18-. The minimum atomic E-state index is -1.87. The molecule has 1 aliphatic heterocycles. The van der Waals surface area contributed by atoms with E-state index in [1.165, 1.54) is 19.3 Å². The SMILES string of the molecule is CC/C=C\C/C=C\C/C=C\C/C=C\CCCCCCCCC(=O)OCC(COC1OC(C(=O)O)C(O)C(O)C1O)OC(=O)CCCCCCC/C=C\C/C=C\CCCCC. The van der Waals surface area contributed by atoms with E-state index in [1.807, 2.05) is 0 Å². The number of aliphatic hydroxyl groups is 3. The van der Waals surface area contributed by atoms with E-state index in [0.717, 1.165) is 109 Å². The van der Waals surface area contributed by atoms with Crippen molar-refractivity contribution in [2.45, 2.75) is 205 Å². The highest BCUT2D eigenvalue weighted by atomic mass is 16.7. The molecule has 6 unspecified atom stereocenters. The Morgan fingerprint density at radius 1 is 0.533 bits per heavy atom. The van der Waals surface area contributed by atoms with Crippen LogP contribution in [0, 0.1) is 0 Å². The minimum Gasteiger partial charge on any atom is -0.479 e. The van der Waals surface area contributed by atoms with Crippen molar-refractivity contribution in [3.8, 4) is 0 Å². The Balaban J connectivity index is 2.38. The predicted octanol–water partition coefficient (Wildman–Crippen LogP) is 10.1. The van der Waals surface area contributed by atoms with E-state index in [0.29, 0.717) is 12.8 Å². The lowest BCUT2D eigenvalue weighted by atomic mass is 9.99. The highest BCUT2D eigenvalue weighted by Gasteiger charge is 2.47. The molecule has 1 fully saturated rings. The van der Waals surface area contributed by atoms with E-state index in [9.17, 15) is 34.8 Å². The summed E-state index contributed by atoms with van der Waals surface area (Å²) in [5.74, 6) is -2.49. The Morgan fingerprint density at radius 3 is 1.48 bits per heavy atom. The Labute approximate surface area is 361 Å². The van der Waals surface area contributed by atoms with Crippen LogP contribution in [0.15, 0.2) is 72.9 Å². The quantitative estimate of drug-likeness (QED) is 0.0267. The van der Waals surface area contributed by atoms with Crippen LogP contribution in [0.4, 0.5) is 0 Å². The molecule has 0 aromatic heterocycles. The highest BCUT2D eigenvalue weighted by Crippen LogP contribution is 2.23. The Kier molecular flexibility index (Phi) is 35.1. The first kappa shape index (κ1) is 54.7. The molecule has 1 aliphatic rings. The molecule has 0 bridgehead atoms. The van der Waals surface area contributed by atoms with Crippen molar-refractivity contribution in [1.82, 2.24) is 0 Å². The number of carboxylic acids is 1. The summed E-state index contributed by atoms with van der Waals surface area (Å²) in [5.41, 5.74) is 0. The van der Waals surface area contributed by atoms with Crippen LogP contribution in [0.5, 0.6) is 0 Å². The lowest BCUT2D eigenvalue weighted by Gasteiger charge is -2.38. The summed E-state index contributed by atoms with van der Waals surface area (Å²) in [6, 6.07) is 0. The summed E-state index contributed by atoms with van der Waals surface area (Å²) in [4.78, 5) is 36.9. The summed E-state index contributed by atoms with van der Waals surface area (Å²) < 4.78 is 21.7. The molecule has 0 saturated carbocycles. The number of carbonyl (C=O) groups is 3. The molecule has 0 aromatic rings. The topological polar surface area (TPSA) is 169 Å². The van der Waals surface area contributed by atoms with Crippen molar-refractivity contribution in [2.75, 3.05) is 13.2 Å². The molecule has 0 radical (unpaired) electrons. The van der Waals surface area contributed by atoms with Crippen molar-refractivity contribution in [2.24, 2.45) is 0 Å². The van der Waals surface area contributed by atoms with Crippen LogP contribution in [0.2, 0.25) is 0 Å². The van der Waals surface area contributed by atoms with Crippen LogP contribution >= 0.6 is 0 Å². The van der Waals surface area contributed by atoms with Gasteiger partial charge in [0, 0.05) is 12.8 Å². The van der Waals surface area contributed by atoms with Gasteiger partial charge in [0.15, 0.2) is 18.5 Å². The van der Waals surface area contributed by atoms with Gasteiger partial charge < -0.3 is 39.4 Å². The lowest BCUT2D eigenvalue weighted by Crippen LogP contribution is -2.60. The zero-order valence-electron chi connectivity index (χ0n) is 36.9. The molecule has 0 aliphatic carbocycles. The van der Waals surface area contributed by atoms with Gasteiger partial charge in [0.25, 0.3) is 0 Å². The highest BCUT2D eigenvalue weighted by molar-refractivity contribution is 5.73. The smallest absolute Gasteiger partial charge is 0.335 e. The van der Waals surface area contributed by atoms with E-state index >= 15 is 0 Å². The van der Waals surface area contributed by atoms with Crippen LogP contribution in [0.25, 0.3) is 0 Å². The molecule has 342 valence electrons. The number of rotatable bonds is 37. The van der Waals surface area contributed by atoms with Crippen molar-refractivity contribution in [3.63, 3.8) is 0 Å². The number of aliphatic hydroxyl groups excluding tert-OH is 3. The molecule has 4 N–H and O–H groups in total. The van der Waals surface area contributed by atoms with Gasteiger partial charge in [0.2, 0.25) is 0 Å². The second-order valence-electron chi connectivity index (χ2n) is 15.5. The molecule has 6 atom stereocenters. The summed E-state index contributed by atoms with van der Waals surface area (Å²) in [7, 11) is 0. The number of carbonyl (C=O) groups excluding carboxylic acids is 2. The average molecular weight is 845 g/mol. The molecular weight excluding hydrogens is 765 g/mol. The van der Waals surface area contributed by atoms with Crippen LogP contribution in [0.3, 0.4) is 0 Å². The number of unbranched alkanes of at least 4 members (excludes halogenated alkanes) is 14. The van der Waals surface area contributed by atoms with Gasteiger partial charge >= 0.3 is 17.9 Å². The van der Waals surface area contributed by atoms with Crippen molar-refractivity contribution >= 4 is 17.9 Å². The van der Waals surface area contributed by atoms with Gasteiger partial charge in [-0.15, -0.1) is 0 Å². The fourth-order valence-corrected chi connectivity index (χ4v) is 6.43. The van der Waals surface area contributed by atoms with Gasteiger partial charge in [0.1, 0.15) is 24.9 Å². The number of hydrogen-bond acceptors (Lipinski definition) is 10. The van der Waals surface area contributed by atoms with Crippen molar-refractivity contribution in [1.29, 1.82) is 0 Å². The summed E-state index contributed by atoms with van der Waals surface area (Å²) in [5, 5.41) is 39.8. The number of ether oxygens (including phenoxy) is 4. The fraction of sp³-hybridized carbons (Fsp3) is 0.694. The number of carboxylic acid groups (broad SMARTS) is 1. The van der Waals surface area contributed by atoms with Crippen LogP contribution in [0.1, 0.15) is 168 Å². The maximum atomic E-state index is 12.8. The van der Waals surface area contributed by atoms with E-state index in [1.54, 1.807) is 0 Å². The van der Waals surface area contributed by atoms with E-state index in [2.05, 4.69) is 86.8 Å². The van der Waals surface area contributed by atoms with Gasteiger partial charge in [-0.25, -0.2) is 4.79 Å². The van der Waals surface area contributed by atoms with Crippen molar-refractivity contribution in [3.05, 3.63) is 72.9 Å².